The van der Waals surface area contributed by atoms with E-state index in [1.54, 1.807) is 6.08 Å². The van der Waals surface area contributed by atoms with Crippen LogP contribution in [-0.2, 0) is 9.59 Å². The Labute approximate surface area is 119 Å². The van der Waals surface area contributed by atoms with Crippen molar-refractivity contribution >= 4 is 17.8 Å². The Kier molecular flexibility index (Phi) is 4.38. The number of rotatable bonds is 5. The molecule has 0 amide bonds. The third-order valence-corrected chi connectivity index (χ3v) is 3.38. The number of allylic oxidation sites excluding steroid dienone is 1. The van der Waals surface area contributed by atoms with Gasteiger partial charge < -0.3 is 4.74 Å². The van der Waals surface area contributed by atoms with Crippen LogP contribution < -0.4 is 4.74 Å². The van der Waals surface area contributed by atoms with Gasteiger partial charge in [-0.3, -0.25) is 9.59 Å². The Balaban J connectivity index is 2.10. The largest absolute Gasteiger partial charge is 0.426 e. The molecule has 0 aliphatic heterocycles. The minimum atomic E-state index is -0.320. The van der Waals surface area contributed by atoms with Crippen LogP contribution >= 0.6 is 0 Å². The summed E-state index contributed by atoms with van der Waals surface area (Å²) in [5.41, 5.74) is 2.75. The van der Waals surface area contributed by atoms with E-state index in [-0.39, 0.29) is 11.8 Å². The first-order valence-electron chi connectivity index (χ1n) is 6.96. The van der Waals surface area contributed by atoms with Crippen molar-refractivity contribution in [2.75, 3.05) is 0 Å². The third kappa shape index (κ3) is 4.05. The van der Waals surface area contributed by atoms with Gasteiger partial charge in [-0.25, -0.2) is 0 Å². The van der Waals surface area contributed by atoms with Crippen LogP contribution in [0.5, 0.6) is 5.75 Å². The zero-order valence-electron chi connectivity index (χ0n) is 12.2. The molecule has 2 rings (SSSR count). The van der Waals surface area contributed by atoms with Crippen molar-refractivity contribution in [3.05, 3.63) is 34.9 Å². The number of carbonyl (C=O) groups is 2. The van der Waals surface area contributed by atoms with Crippen molar-refractivity contribution in [3.8, 4) is 5.75 Å². The van der Waals surface area contributed by atoms with Gasteiger partial charge in [0, 0.05) is 13.3 Å². The SMILES string of the molecule is CC(=O)Oc1c(C)cc(/C=C/C(=O)CC2CC2)cc1C. The van der Waals surface area contributed by atoms with E-state index in [0.29, 0.717) is 18.1 Å². The minimum absolute atomic E-state index is 0.187. The molecule has 3 nitrogen and oxygen atoms in total. The van der Waals surface area contributed by atoms with Crippen LogP contribution in [0.2, 0.25) is 0 Å². The fourth-order valence-electron chi connectivity index (χ4n) is 2.25. The summed E-state index contributed by atoms with van der Waals surface area (Å²) in [4.78, 5) is 22.7. The summed E-state index contributed by atoms with van der Waals surface area (Å²) >= 11 is 0. The molecule has 1 saturated carbocycles. The number of hydrogen-bond donors (Lipinski definition) is 0. The van der Waals surface area contributed by atoms with Crippen LogP contribution in [0.25, 0.3) is 6.08 Å². The highest BCUT2D eigenvalue weighted by Gasteiger charge is 2.23. The Bertz CT molecular complexity index is 543. The predicted octanol–water partition coefficient (Wildman–Crippen LogP) is 3.61. The smallest absolute Gasteiger partial charge is 0.308 e. The quantitative estimate of drug-likeness (QED) is 0.467. The molecule has 1 aromatic rings. The van der Waals surface area contributed by atoms with E-state index in [9.17, 15) is 9.59 Å². The number of benzene rings is 1. The highest BCUT2D eigenvalue weighted by Crippen LogP contribution is 2.32. The van der Waals surface area contributed by atoms with Crippen LogP contribution in [0, 0.1) is 19.8 Å². The Hall–Kier alpha value is -1.90. The van der Waals surface area contributed by atoms with Crippen molar-refractivity contribution in [3.63, 3.8) is 0 Å². The summed E-state index contributed by atoms with van der Waals surface area (Å²) in [5, 5.41) is 0. The van der Waals surface area contributed by atoms with Gasteiger partial charge in [-0.15, -0.1) is 0 Å². The molecule has 0 atom stereocenters. The molecule has 0 heterocycles. The Morgan fingerprint density at radius 2 is 1.85 bits per heavy atom. The molecule has 0 unspecified atom stereocenters. The van der Waals surface area contributed by atoms with E-state index < -0.39 is 0 Å². The van der Waals surface area contributed by atoms with Crippen LogP contribution in [0.3, 0.4) is 0 Å². The lowest BCUT2D eigenvalue weighted by Gasteiger charge is -2.10. The Morgan fingerprint density at radius 3 is 2.35 bits per heavy atom. The molecule has 0 bridgehead atoms. The number of esters is 1. The van der Waals surface area contributed by atoms with E-state index >= 15 is 0 Å². The average molecular weight is 272 g/mol. The maximum Gasteiger partial charge on any atom is 0.308 e. The first-order chi connectivity index (χ1) is 9.45. The first kappa shape index (κ1) is 14.5. The highest BCUT2D eigenvalue weighted by atomic mass is 16.5. The monoisotopic (exact) mass is 272 g/mol. The molecule has 20 heavy (non-hydrogen) atoms. The minimum Gasteiger partial charge on any atom is -0.426 e. The topological polar surface area (TPSA) is 43.4 Å². The number of carbonyl (C=O) groups excluding carboxylic acids is 2. The normalized spacial score (nSPS) is 14.6. The average Bonchev–Trinajstić information content (AvgIpc) is 3.15. The maximum atomic E-state index is 11.7. The molecule has 0 N–H and O–H groups in total. The Morgan fingerprint density at radius 1 is 1.25 bits per heavy atom. The van der Waals surface area contributed by atoms with E-state index in [1.807, 2.05) is 32.1 Å². The lowest BCUT2D eigenvalue weighted by atomic mass is 10.0. The molecule has 1 aliphatic rings. The van der Waals surface area contributed by atoms with E-state index in [0.717, 1.165) is 16.7 Å². The highest BCUT2D eigenvalue weighted by molar-refractivity contribution is 5.94. The lowest BCUT2D eigenvalue weighted by molar-refractivity contribution is -0.132. The van der Waals surface area contributed by atoms with Gasteiger partial charge >= 0.3 is 5.97 Å². The maximum absolute atomic E-state index is 11.7. The molecular weight excluding hydrogens is 252 g/mol. The fourth-order valence-corrected chi connectivity index (χ4v) is 2.25. The summed E-state index contributed by atoms with van der Waals surface area (Å²) < 4.78 is 5.19. The zero-order chi connectivity index (χ0) is 14.7. The van der Waals surface area contributed by atoms with Crippen LogP contribution in [-0.4, -0.2) is 11.8 Å². The lowest BCUT2D eigenvalue weighted by Crippen LogP contribution is -2.04. The number of aryl methyl sites for hydroxylation is 2. The van der Waals surface area contributed by atoms with Crippen LogP contribution in [0.4, 0.5) is 0 Å². The van der Waals surface area contributed by atoms with Gasteiger partial charge in [0.15, 0.2) is 5.78 Å². The van der Waals surface area contributed by atoms with Gasteiger partial charge in [-0.2, -0.15) is 0 Å². The molecule has 106 valence electrons. The molecule has 1 fully saturated rings. The summed E-state index contributed by atoms with van der Waals surface area (Å²) in [6.07, 6.45) is 6.53. The van der Waals surface area contributed by atoms with E-state index in [1.165, 1.54) is 19.8 Å². The number of ketones is 1. The second kappa shape index (κ2) is 6.04. The van der Waals surface area contributed by atoms with Crippen molar-refractivity contribution in [2.24, 2.45) is 5.92 Å². The zero-order valence-corrected chi connectivity index (χ0v) is 12.2. The van der Waals surface area contributed by atoms with Gasteiger partial charge in [-0.1, -0.05) is 6.08 Å². The molecule has 0 radical (unpaired) electrons. The molecule has 0 spiro atoms. The van der Waals surface area contributed by atoms with Crippen molar-refractivity contribution in [1.29, 1.82) is 0 Å². The van der Waals surface area contributed by atoms with Gasteiger partial charge in [0.05, 0.1) is 0 Å². The summed E-state index contributed by atoms with van der Waals surface area (Å²) in [7, 11) is 0. The summed E-state index contributed by atoms with van der Waals surface area (Å²) in [6, 6.07) is 3.85. The molecular formula is C17H20O3. The van der Waals surface area contributed by atoms with Gasteiger partial charge in [0.1, 0.15) is 5.75 Å². The van der Waals surface area contributed by atoms with E-state index in [4.69, 9.17) is 4.74 Å². The molecule has 3 heteroatoms. The number of hydrogen-bond acceptors (Lipinski definition) is 3. The fraction of sp³-hybridized carbons (Fsp3) is 0.412. The molecule has 0 aromatic heterocycles. The van der Waals surface area contributed by atoms with Gasteiger partial charge in [0.2, 0.25) is 0 Å². The summed E-state index contributed by atoms with van der Waals surface area (Å²) in [5.74, 6) is 1.09. The van der Waals surface area contributed by atoms with Gasteiger partial charge in [0.25, 0.3) is 0 Å². The van der Waals surface area contributed by atoms with Crippen LogP contribution in [0.1, 0.15) is 42.9 Å². The van der Waals surface area contributed by atoms with E-state index in [2.05, 4.69) is 0 Å². The second-order valence-electron chi connectivity index (χ2n) is 5.52. The standard InChI is InChI=1S/C17H20O3/c1-11-8-15(6-7-16(19)10-14-4-5-14)9-12(2)17(11)20-13(3)18/h6-9,14H,4-5,10H2,1-3H3/b7-6+. The van der Waals surface area contributed by atoms with Crippen molar-refractivity contribution in [2.45, 2.75) is 40.0 Å². The van der Waals surface area contributed by atoms with Crippen molar-refractivity contribution in [1.82, 2.24) is 0 Å². The second-order valence-corrected chi connectivity index (χ2v) is 5.52. The third-order valence-electron chi connectivity index (χ3n) is 3.38. The summed E-state index contributed by atoms with van der Waals surface area (Å²) in [6.45, 7) is 5.19. The van der Waals surface area contributed by atoms with Crippen LogP contribution in [0.15, 0.2) is 18.2 Å². The molecule has 1 aromatic carbocycles. The molecule has 1 aliphatic carbocycles. The first-order valence-corrected chi connectivity index (χ1v) is 6.96. The molecule has 0 saturated heterocycles. The van der Waals surface area contributed by atoms with Crippen molar-refractivity contribution < 1.29 is 14.3 Å². The van der Waals surface area contributed by atoms with Gasteiger partial charge in [-0.05, 0) is 67.5 Å². The number of ether oxygens (including phenoxy) is 1. The predicted molar refractivity (Wildman–Crippen MR) is 78.6 cm³/mol.